The van der Waals surface area contributed by atoms with E-state index in [1.165, 1.54) is 4.90 Å². The number of carboxylic acid groups (broad SMARTS) is 1. The molecule has 4 rings (SSSR count). The first-order chi connectivity index (χ1) is 12.0. The highest BCUT2D eigenvalue weighted by Gasteiger charge is 2.67. The first-order valence-corrected chi connectivity index (χ1v) is 8.15. The quantitative estimate of drug-likeness (QED) is 0.653. The van der Waals surface area contributed by atoms with Crippen molar-refractivity contribution >= 4 is 23.5 Å². The predicted octanol–water partition coefficient (Wildman–Crippen LogP) is 1.23. The minimum absolute atomic E-state index is 0.261. The minimum Gasteiger partial charge on any atom is -0.481 e. The first-order valence-electron chi connectivity index (χ1n) is 8.15. The molecule has 1 spiro atoms. The van der Waals surface area contributed by atoms with E-state index < -0.39 is 35.5 Å². The molecule has 3 aliphatic rings. The van der Waals surface area contributed by atoms with Gasteiger partial charge in [-0.05, 0) is 31.2 Å². The third-order valence-electron chi connectivity index (χ3n) is 5.08. The Morgan fingerprint density at radius 2 is 2.08 bits per heavy atom. The number of anilines is 1. The van der Waals surface area contributed by atoms with Gasteiger partial charge in [0, 0.05) is 5.69 Å². The molecular formula is C18H17NO6. The van der Waals surface area contributed by atoms with Gasteiger partial charge in [0.25, 0.3) is 0 Å². The van der Waals surface area contributed by atoms with E-state index in [9.17, 15) is 19.5 Å². The Kier molecular flexibility index (Phi) is 3.43. The summed E-state index contributed by atoms with van der Waals surface area (Å²) in [4.78, 5) is 37.7. The smallest absolute Gasteiger partial charge is 0.338 e. The van der Waals surface area contributed by atoms with Crippen molar-refractivity contribution in [3.05, 3.63) is 42.0 Å². The number of benzene rings is 1. The highest BCUT2D eigenvalue weighted by atomic mass is 16.5. The maximum atomic E-state index is 12.9. The number of carboxylic acids is 1. The molecule has 2 fully saturated rings. The van der Waals surface area contributed by atoms with Gasteiger partial charge in [0.05, 0.1) is 30.7 Å². The minimum atomic E-state index is -1.02. The number of aliphatic carboxylic acids is 1. The van der Waals surface area contributed by atoms with Crippen molar-refractivity contribution in [2.24, 2.45) is 11.8 Å². The molecule has 1 aromatic rings. The molecule has 3 heterocycles. The van der Waals surface area contributed by atoms with Gasteiger partial charge in [-0.15, -0.1) is 0 Å². The second-order valence-corrected chi connectivity index (χ2v) is 6.43. The largest absolute Gasteiger partial charge is 0.481 e. The lowest BCUT2D eigenvalue weighted by Gasteiger charge is -2.21. The van der Waals surface area contributed by atoms with E-state index in [0.29, 0.717) is 11.3 Å². The summed E-state index contributed by atoms with van der Waals surface area (Å²) in [7, 11) is 0. The molecule has 2 saturated heterocycles. The number of carbonyl (C=O) groups excluding carboxylic acids is 2. The molecule has 2 bridgehead atoms. The summed E-state index contributed by atoms with van der Waals surface area (Å²) < 4.78 is 10.8. The molecular weight excluding hydrogens is 326 g/mol. The zero-order valence-corrected chi connectivity index (χ0v) is 13.5. The van der Waals surface area contributed by atoms with Crippen LogP contribution in [0.25, 0.3) is 0 Å². The van der Waals surface area contributed by atoms with E-state index in [1.54, 1.807) is 37.3 Å². The van der Waals surface area contributed by atoms with Crippen molar-refractivity contribution in [2.75, 3.05) is 18.1 Å². The highest BCUT2D eigenvalue weighted by Crippen LogP contribution is 2.52. The van der Waals surface area contributed by atoms with Gasteiger partial charge in [0.1, 0.15) is 11.5 Å². The van der Waals surface area contributed by atoms with Crippen LogP contribution in [0.5, 0.6) is 0 Å². The average Bonchev–Trinajstić information content (AvgIpc) is 3.23. The van der Waals surface area contributed by atoms with Crippen LogP contribution in [0, 0.1) is 11.8 Å². The van der Waals surface area contributed by atoms with E-state index in [-0.39, 0.29) is 19.1 Å². The summed E-state index contributed by atoms with van der Waals surface area (Å²) in [6.45, 7) is 2.29. The molecule has 4 atom stereocenters. The Morgan fingerprint density at radius 1 is 1.36 bits per heavy atom. The summed E-state index contributed by atoms with van der Waals surface area (Å²) in [6, 6.07) is 6.51. The standard InChI is InChI=1S/C18H17NO6/c1-2-24-17(23)10-3-5-11(6-4-10)19-9-18-8-7-12(25-18)13(16(21)22)14(18)15(19)20/h3-8,12-14H,2,9H2,1H3,(H,21,22)/t12-,13?,14?,18+/m0/s1. The summed E-state index contributed by atoms with van der Waals surface area (Å²) in [5, 5.41) is 9.47. The fraction of sp³-hybridized carbons (Fsp3) is 0.389. The number of fused-ring (bicyclic) bond motifs is 1. The maximum absolute atomic E-state index is 12.9. The van der Waals surface area contributed by atoms with Crippen molar-refractivity contribution < 1.29 is 29.0 Å². The van der Waals surface area contributed by atoms with Crippen LogP contribution in [0.15, 0.2) is 36.4 Å². The van der Waals surface area contributed by atoms with Crippen molar-refractivity contribution in [1.82, 2.24) is 0 Å². The SMILES string of the molecule is CCOC(=O)c1ccc(N2C[C@@]34C=C[C@H](O3)C(C(=O)O)C4C2=O)cc1. The first kappa shape index (κ1) is 15.8. The summed E-state index contributed by atoms with van der Waals surface area (Å²) in [5.74, 6) is -3.28. The van der Waals surface area contributed by atoms with E-state index in [0.717, 1.165) is 0 Å². The normalized spacial score (nSPS) is 32.1. The van der Waals surface area contributed by atoms with Crippen molar-refractivity contribution in [2.45, 2.75) is 18.6 Å². The van der Waals surface area contributed by atoms with Gasteiger partial charge in [0.15, 0.2) is 0 Å². The van der Waals surface area contributed by atoms with Gasteiger partial charge in [0.2, 0.25) is 5.91 Å². The van der Waals surface area contributed by atoms with E-state index in [1.807, 2.05) is 6.08 Å². The zero-order chi connectivity index (χ0) is 17.8. The molecule has 0 aromatic heterocycles. The van der Waals surface area contributed by atoms with Crippen molar-refractivity contribution in [3.8, 4) is 0 Å². The predicted molar refractivity (Wildman–Crippen MR) is 86.1 cm³/mol. The highest BCUT2D eigenvalue weighted by molar-refractivity contribution is 6.02. The van der Waals surface area contributed by atoms with Crippen LogP contribution < -0.4 is 4.90 Å². The number of nitrogens with zero attached hydrogens (tertiary/aromatic N) is 1. The molecule has 7 nitrogen and oxygen atoms in total. The number of esters is 1. The zero-order valence-electron chi connectivity index (χ0n) is 13.5. The van der Waals surface area contributed by atoms with Gasteiger partial charge < -0.3 is 19.5 Å². The average molecular weight is 343 g/mol. The summed E-state index contributed by atoms with van der Waals surface area (Å²) in [6.07, 6.45) is 3.00. The maximum Gasteiger partial charge on any atom is 0.338 e. The molecule has 0 saturated carbocycles. The van der Waals surface area contributed by atoms with Gasteiger partial charge in [-0.2, -0.15) is 0 Å². The Hall–Kier alpha value is -2.67. The topological polar surface area (TPSA) is 93.1 Å². The fourth-order valence-corrected chi connectivity index (χ4v) is 3.99. The Balaban J connectivity index is 1.61. The molecule has 7 heteroatoms. The Morgan fingerprint density at radius 3 is 2.72 bits per heavy atom. The van der Waals surface area contributed by atoms with Crippen LogP contribution in [0.4, 0.5) is 5.69 Å². The Bertz CT molecular complexity index is 785. The van der Waals surface area contributed by atoms with Crippen LogP contribution in [0.1, 0.15) is 17.3 Å². The van der Waals surface area contributed by atoms with Crippen LogP contribution in [0.2, 0.25) is 0 Å². The third kappa shape index (κ3) is 2.19. The lowest BCUT2D eigenvalue weighted by Crippen LogP contribution is -2.39. The second kappa shape index (κ2) is 5.42. The monoisotopic (exact) mass is 343 g/mol. The number of ether oxygens (including phenoxy) is 2. The van der Waals surface area contributed by atoms with Crippen molar-refractivity contribution in [3.63, 3.8) is 0 Å². The fourth-order valence-electron chi connectivity index (χ4n) is 3.99. The van der Waals surface area contributed by atoms with E-state index in [4.69, 9.17) is 9.47 Å². The molecule has 1 amide bonds. The van der Waals surface area contributed by atoms with Gasteiger partial charge >= 0.3 is 11.9 Å². The molecule has 3 aliphatic heterocycles. The van der Waals surface area contributed by atoms with Crippen LogP contribution in [0.3, 0.4) is 0 Å². The number of rotatable bonds is 4. The molecule has 0 radical (unpaired) electrons. The molecule has 2 unspecified atom stereocenters. The lowest BCUT2D eigenvalue weighted by atomic mass is 9.77. The number of carbonyl (C=O) groups is 3. The van der Waals surface area contributed by atoms with Crippen molar-refractivity contribution in [1.29, 1.82) is 0 Å². The molecule has 0 aliphatic carbocycles. The van der Waals surface area contributed by atoms with Crippen LogP contribution in [-0.4, -0.2) is 47.8 Å². The number of amides is 1. The third-order valence-corrected chi connectivity index (χ3v) is 5.08. The Labute approximate surface area is 143 Å². The van der Waals surface area contributed by atoms with E-state index >= 15 is 0 Å². The molecule has 1 aromatic carbocycles. The second-order valence-electron chi connectivity index (χ2n) is 6.43. The number of hydrogen-bond acceptors (Lipinski definition) is 5. The molecule has 130 valence electrons. The lowest BCUT2D eigenvalue weighted by molar-refractivity contribution is -0.146. The summed E-state index contributed by atoms with van der Waals surface area (Å²) >= 11 is 0. The number of hydrogen-bond donors (Lipinski definition) is 1. The molecule has 1 N–H and O–H groups in total. The molecule has 25 heavy (non-hydrogen) atoms. The van der Waals surface area contributed by atoms with Gasteiger partial charge in [-0.3, -0.25) is 9.59 Å². The van der Waals surface area contributed by atoms with Gasteiger partial charge in [-0.1, -0.05) is 12.2 Å². The van der Waals surface area contributed by atoms with E-state index in [2.05, 4.69) is 0 Å². The van der Waals surface area contributed by atoms with Gasteiger partial charge in [-0.25, -0.2) is 4.79 Å². The summed E-state index contributed by atoms with van der Waals surface area (Å²) in [5.41, 5.74) is 0.132. The van der Waals surface area contributed by atoms with Crippen LogP contribution >= 0.6 is 0 Å². The van der Waals surface area contributed by atoms with Crippen LogP contribution in [-0.2, 0) is 19.1 Å².